The first-order valence-electron chi connectivity index (χ1n) is 6.01. The molecule has 7 nitrogen and oxygen atoms in total. The van der Waals surface area contributed by atoms with Crippen LogP contribution in [0, 0.1) is 10.1 Å². The van der Waals surface area contributed by atoms with Crippen LogP contribution < -0.4 is 4.90 Å². The lowest BCUT2D eigenvalue weighted by atomic mass is 10.1. The Bertz CT molecular complexity index is 636. The van der Waals surface area contributed by atoms with E-state index in [4.69, 9.17) is 16.0 Å². The fourth-order valence-electron chi connectivity index (χ4n) is 2.17. The van der Waals surface area contributed by atoms with E-state index in [1.807, 2.05) is 4.90 Å². The molecule has 0 amide bonds. The van der Waals surface area contributed by atoms with Gasteiger partial charge in [-0.3, -0.25) is 10.1 Å². The molecule has 0 bridgehead atoms. The SMILES string of the molecule is O=[N+]([O-])c1cc2oc(N3CCCCC3)nc2nc1Cl. The number of oxazole rings is 1. The van der Waals surface area contributed by atoms with Crippen molar-refractivity contribution in [3.63, 3.8) is 0 Å². The molecule has 2 aromatic rings. The van der Waals surface area contributed by atoms with E-state index in [2.05, 4.69) is 9.97 Å². The molecule has 1 fully saturated rings. The topological polar surface area (TPSA) is 85.3 Å². The van der Waals surface area contributed by atoms with Gasteiger partial charge in [-0.25, -0.2) is 4.98 Å². The largest absolute Gasteiger partial charge is 0.421 e. The Morgan fingerprint density at radius 1 is 1.32 bits per heavy atom. The number of hydrogen-bond donors (Lipinski definition) is 0. The summed E-state index contributed by atoms with van der Waals surface area (Å²) < 4.78 is 5.54. The molecule has 0 N–H and O–H groups in total. The highest BCUT2D eigenvalue weighted by Gasteiger charge is 2.21. The molecule has 1 aliphatic rings. The van der Waals surface area contributed by atoms with Crippen LogP contribution in [0.3, 0.4) is 0 Å². The summed E-state index contributed by atoms with van der Waals surface area (Å²) in [7, 11) is 0. The van der Waals surface area contributed by atoms with E-state index in [-0.39, 0.29) is 16.4 Å². The number of halogens is 1. The molecule has 3 heterocycles. The lowest BCUT2D eigenvalue weighted by molar-refractivity contribution is -0.384. The van der Waals surface area contributed by atoms with Crippen LogP contribution in [0.5, 0.6) is 0 Å². The molecule has 100 valence electrons. The van der Waals surface area contributed by atoms with Gasteiger partial charge in [0.15, 0.2) is 5.58 Å². The number of piperidine rings is 1. The van der Waals surface area contributed by atoms with Crippen molar-refractivity contribution in [1.29, 1.82) is 0 Å². The maximum atomic E-state index is 10.8. The lowest BCUT2D eigenvalue weighted by Crippen LogP contribution is -2.29. The summed E-state index contributed by atoms with van der Waals surface area (Å²) >= 11 is 5.75. The summed E-state index contributed by atoms with van der Waals surface area (Å²) in [6, 6.07) is 1.73. The van der Waals surface area contributed by atoms with E-state index in [0.29, 0.717) is 11.7 Å². The molecule has 0 atom stereocenters. The van der Waals surface area contributed by atoms with Crippen molar-refractivity contribution < 1.29 is 9.34 Å². The summed E-state index contributed by atoms with van der Waals surface area (Å²) in [5.41, 5.74) is 0.323. The third kappa shape index (κ3) is 2.21. The third-order valence-corrected chi connectivity index (χ3v) is 3.41. The van der Waals surface area contributed by atoms with Crippen molar-refractivity contribution in [2.75, 3.05) is 18.0 Å². The quantitative estimate of drug-likeness (QED) is 0.478. The molecule has 8 heteroatoms. The number of pyridine rings is 1. The second-order valence-electron chi connectivity index (χ2n) is 4.42. The Morgan fingerprint density at radius 2 is 2.05 bits per heavy atom. The molecule has 0 aromatic carbocycles. The van der Waals surface area contributed by atoms with Gasteiger partial charge in [-0.1, -0.05) is 11.6 Å². The standard InChI is InChI=1S/C11H11ClN4O3/c12-9-7(16(17)18)6-8-10(13-9)14-11(19-8)15-4-2-1-3-5-15/h6H,1-5H2. The Morgan fingerprint density at radius 3 is 2.74 bits per heavy atom. The van der Waals surface area contributed by atoms with Gasteiger partial charge in [0.1, 0.15) is 0 Å². The Hall–Kier alpha value is -1.89. The maximum Gasteiger partial charge on any atom is 0.310 e. The highest BCUT2D eigenvalue weighted by Crippen LogP contribution is 2.30. The second kappa shape index (κ2) is 4.65. The van der Waals surface area contributed by atoms with Crippen molar-refractivity contribution in [2.24, 2.45) is 0 Å². The molecule has 0 radical (unpaired) electrons. The molecule has 0 spiro atoms. The van der Waals surface area contributed by atoms with E-state index >= 15 is 0 Å². The molecule has 1 aliphatic heterocycles. The molecule has 3 rings (SSSR count). The summed E-state index contributed by atoms with van der Waals surface area (Å²) in [5, 5.41) is 10.6. The molecular formula is C11H11ClN4O3. The van der Waals surface area contributed by atoms with E-state index < -0.39 is 4.92 Å². The minimum Gasteiger partial charge on any atom is -0.421 e. The molecule has 1 saturated heterocycles. The maximum absolute atomic E-state index is 10.8. The average molecular weight is 283 g/mol. The smallest absolute Gasteiger partial charge is 0.310 e. The summed E-state index contributed by atoms with van der Waals surface area (Å²) in [6.07, 6.45) is 3.38. The first-order valence-corrected chi connectivity index (χ1v) is 6.39. The molecule has 0 saturated carbocycles. The van der Waals surface area contributed by atoms with Crippen LogP contribution in [-0.2, 0) is 0 Å². The predicted molar refractivity (Wildman–Crippen MR) is 69.5 cm³/mol. The lowest BCUT2D eigenvalue weighted by Gasteiger charge is -2.24. The van der Waals surface area contributed by atoms with Crippen molar-refractivity contribution >= 4 is 34.5 Å². The number of aromatic nitrogens is 2. The Labute approximate surface area is 113 Å². The molecule has 0 unspecified atom stereocenters. The number of hydrogen-bond acceptors (Lipinski definition) is 6. The molecule has 0 aliphatic carbocycles. The zero-order valence-electron chi connectivity index (χ0n) is 10.0. The van der Waals surface area contributed by atoms with Crippen molar-refractivity contribution in [1.82, 2.24) is 9.97 Å². The van der Waals surface area contributed by atoms with Gasteiger partial charge in [0.05, 0.1) is 11.0 Å². The van der Waals surface area contributed by atoms with Crippen LogP contribution in [0.4, 0.5) is 11.7 Å². The highest BCUT2D eigenvalue weighted by molar-refractivity contribution is 6.31. The van der Waals surface area contributed by atoms with Crippen LogP contribution in [-0.4, -0.2) is 28.0 Å². The number of nitro groups is 1. The van der Waals surface area contributed by atoms with Gasteiger partial charge in [-0.2, -0.15) is 4.98 Å². The van der Waals surface area contributed by atoms with E-state index in [0.717, 1.165) is 25.9 Å². The average Bonchev–Trinajstić information content (AvgIpc) is 2.81. The Kier molecular flexibility index (Phi) is 2.98. The van der Waals surface area contributed by atoms with Crippen molar-refractivity contribution in [2.45, 2.75) is 19.3 Å². The number of rotatable bonds is 2. The van der Waals surface area contributed by atoms with Gasteiger partial charge >= 0.3 is 5.69 Å². The first-order chi connectivity index (χ1) is 9.15. The zero-order chi connectivity index (χ0) is 13.4. The van der Waals surface area contributed by atoms with Crippen LogP contribution in [0.2, 0.25) is 5.15 Å². The normalized spacial score (nSPS) is 15.9. The van der Waals surface area contributed by atoms with Gasteiger partial charge in [0.25, 0.3) is 6.01 Å². The Balaban J connectivity index is 2.02. The van der Waals surface area contributed by atoms with Gasteiger partial charge in [-0.15, -0.1) is 0 Å². The van der Waals surface area contributed by atoms with Crippen LogP contribution in [0.15, 0.2) is 10.5 Å². The van der Waals surface area contributed by atoms with Gasteiger partial charge in [0, 0.05) is 13.1 Å². The van der Waals surface area contributed by atoms with Crippen molar-refractivity contribution in [3.05, 3.63) is 21.3 Å². The highest BCUT2D eigenvalue weighted by atomic mass is 35.5. The summed E-state index contributed by atoms with van der Waals surface area (Å²) in [4.78, 5) is 20.4. The number of nitrogens with zero attached hydrogens (tertiary/aromatic N) is 4. The fourth-order valence-corrected chi connectivity index (χ4v) is 2.37. The van der Waals surface area contributed by atoms with Crippen LogP contribution in [0.25, 0.3) is 11.2 Å². The van der Waals surface area contributed by atoms with Crippen LogP contribution in [0.1, 0.15) is 19.3 Å². The van der Waals surface area contributed by atoms with Gasteiger partial charge in [0.2, 0.25) is 10.8 Å². The first kappa shape index (κ1) is 12.2. The minimum absolute atomic E-state index is 0.170. The summed E-state index contributed by atoms with van der Waals surface area (Å²) in [5.74, 6) is 0. The number of fused-ring (bicyclic) bond motifs is 1. The van der Waals surface area contributed by atoms with E-state index in [1.165, 1.54) is 12.5 Å². The predicted octanol–water partition coefficient (Wildman–Crippen LogP) is 2.77. The number of anilines is 1. The minimum atomic E-state index is -0.585. The van der Waals surface area contributed by atoms with E-state index in [1.54, 1.807) is 0 Å². The van der Waals surface area contributed by atoms with E-state index in [9.17, 15) is 10.1 Å². The zero-order valence-corrected chi connectivity index (χ0v) is 10.8. The second-order valence-corrected chi connectivity index (χ2v) is 4.78. The van der Waals surface area contributed by atoms with Gasteiger partial charge < -0.3 is 9.32 Å². The molecule has 2 aromatic heterocycles. The third-order valence-electron chi connectivity index (χ3n) is 3.13. The van der Waals surface area contributed by atoms with Crippen molar-refractivity contribution in [3.8, 4) is 0 Å². The molecule has 19 heavy (non-hydrogen) atoms. The summed E-state index contributed by atoms with van der Waals surface area (Å²) in [6.45, 7) is 1.76. The monoisotopic (exact) mass is 282 g/mol. The fraction of sp³-hybridized carbons (Fsp3) is 0.455. The van der Waals surface area contributed by atoms with Crippen LogP contribution >= 0.6 is 11.6 Å². The molecular weight excluding hydrogens is 272 g/mol. The van der Waals surface area contributed by atoms with Gasteiger partial charge in [-0.05, 0) is 19.3 Å².